The Labute approximate surface area is 114 Å². The van der Waals surface area contributed by atoms with Gasteiger partial charge in [-0.05, 0) is 52.0 Å². The van der Waals surface area contributed by atoms with Gasteiger partial charge in [-0.15, -0.1) is 0 Å². The number of fused-ring (bicyclic) bond motifs is 1. The number of aromatic nitrogens is 1. The highest BCUT2D eigenvalue weighted by atomic mass is 32.1. The molecule has 1 unspecified atom stereocenters. The van der Waals surface area contributed by atoms with Crippen molar-refractivity contribution in [3.05, 3.63) is 10.6 Å². The molecule has 1 aromatic rings. The third-order valence-corrected chi connectivity index (χ3v) is 5.39. The lowest BCUT2D eigenvalue weighted by atomic mass is 9.98. The number of aryl methyl sites for hydroxylation is 1. The van der Waals surface area contributed by atoms with Gasteiger partial charge in [0.1, 0.15) is 0 Å². The number of hydrogen-bond donors (Lipinski definition) is 1. The molecule has 100 valence electrons. The summed E-state index contributed by atoms with van der Waals surface area (Å²) >= 11 is 1.92. The fourth-order valence-corrected chi connectivity index (χ4v) is 4.10. The summed E-state index contributed by atoms with van der Waals surface area (Å²) in [6, 6.07) is 0.541. The fourth-order valence-electron chi connectivity index (χ4n) is 2.77. The smallest absolute Gasteiger partial charge is 0.185 e. The second kappa shape index (κ2) is 5.17. The van der Waals surface area contributed by atoms with Crippen molar-refractivity contribution in [1.82, 2.24) is 10.3 Å². The van der Waals surface area contributed by atoms with Gasteiger partial charge in [-0.2, -0.15) is 0 Å². The second-order valence-electron chi connectivity index (χ2n) is 5.52. The first-order valence-electron chi connectivity index (χ1n) is 7.23. The Morgan fingerprint density at radius 2 is 2.22 bits per heavy atom. The summed E-state index contributed by atoms with van der Waals surface area (Å²) in [6.07, 6.45) is 6.54. The normalized spacial score (nSPS) is 22.9. The molecule has 0 aromatic carbocycles. The number of rotatable bonds is 5. The predicted octanol–water partition coefficient (Wildman–Crippen LogP) is 2.98. The van der Waals surface area contributed by atoms with Gasteiger partial charge in [0.2, 0.25) is 0 Å². The molecule has 0 aliphatic heterocycles. The van der Waals surface area contributed by atoms with Crippen LogP contribution < -0.4 is 10.2 Å². The van der Waals surface area contributed by atoms with Crippen LogP contribution in [0.3, 0.4) is 0 Å². The zero-order chi connectivity index (χ0) is 12.5. The van der Waals surface area contributed by atoms with E-state index in [1.807, 2.05) is 11.3 Å². The second-order valence-corrected chi connectivity index (χ2v) is 6.53. The van der Waals surface area contributed by atoms with Crippen LogP contribution in [0.4, 0.5) is 5.13 Å². The van der Waals surface area contributed by atoms with Crippen LogP contribution in [0.1, 0.15) is 49.2 Å². The highest BCUT2D eigenvalue weighted by Gasteiger charge is 2.28. The van der Waals surface area contributed by atoms with Gasteiger partial charge >= 0.3 is 0 Å². The van der Waals surface area contributed by atoms with Crippen molar-refractivity contribution < 1.29 is 0 Å². The van der Waals surface area contributed by atoms with E-state index in [2.05, 4.69) is 24.2 Å². The molecule has 1 N–H and O–H groups in total. The van der Waals surface area contributed by atoms with E-state index in [0.29, 0.717) is 6.04 Å². The molecule has 2 aliphatic carbocycles. The van der Waals surface area contributed by atoms with Gasteiger partial charge in [0, 0.05) is 24.0 Å². The molecule has 1 atom stereocenters. The number of hydrogen-bond acceptors (Lipinski definition) is 4. The van der Waals surface area contributed by atoms with Crippen LogP contribution in [0.25, 0.3) is 0 Å². The van der Waals surface area contributed by atoms with Crippen LogP contribution >= 0.6 is 11.3 Å². The minimum absolute atomic E-state index is 0.541. The van der Waals surface area contributed by atoms with Gasteiger partial charge < -0.3 is 10.2 Å². The average Bonchev–Trinajstić information content (AvgIpc) is 3.11. The minimum Gasteiger partial charge on any atom is -0.348 e. The first-order chi connectivity index (χ1) is 8.81. The minimum atomic E-state index is 0.541. The molecule has 0 bridgehead atoms. The molecule has 3 nitrogen and oxygen atoms in total. The molecule has 18 heavy (non-hydrogen) atoms. The van der Waals surface area contributed by atoms with E-state index < -0.39 is 0 Å². The zero-order valence-corrected chi connectivity index (χ0v) is 12.2. The van der Waals surface area contributed by atoms with Crippen molar-refractivity contribution in [3.63, 3.8) is 0 Å². The van der Waals surface area contributed by atoms with Crippen molar-refractivity contribution in [3.8, 4) is 0 Å². The highest BCUT2D eigenvalue weighted by molar-refractivity contribution is 7.15. The molecule has 3 rings (SSSR count). The third-order valence-electron chi connectivity index (χ3n) is 4.12. The van der Waals surface area contributed by atoms with Crippen molar-refractivity contribution in [2.24, 2.45) is 5.92 Å². The number of anilines is 1. The first kappa shape index (κ1) is 12.4. The van der Waals surface area contributed by atoms with E-state index in [-0.39, 0.29) is 0 Å². The Morgan fingerprint density at radius 1 is 1.39 bits per heavy atom. The SMILES string of the molecule is CCN(CC1CC1)c1nc2c(s1)C(NC)CCC2. The van der Waals surface area contributed by atoms with E-state index in [0.717, 1.165) is 12.5 Å². The van der Waals surface area contributed by atoms with E-state index in [1.54, 1.807) is 0 Å². The van der Waals surface area contributed by atoms with Crippen LogP contribution in [0.5, 0.6) is 0 Å². The quantitative estimate of drug-likeness (QED) is 0.887. The molecule has 1 aromatic heterocycles. The molecule has 4 heteroatoms. The Hall–Kier alpha value is -0.610. The molecule has 0 radical (unpaired) electrons. The van der Waals surface area contributed by atoms with Gasteiger partial charge in [0.25, 0.3) is 0 Å². The van der Waals surface area contributed by atoms with Gasteiger partial charge in [0.05, 0.1) is 5.69 Å². The summed E-state index contributed by atoms with van der Waals surface area (Å²) in [4.78, 5) is 8.88. The summed E-state index contributed by atoms with van der Waals surface area (Å²) in [7, 11) is 2.07. The zero-order valence-electron chi connectivity index (χ0n) is 11.4. The van der Waals surface area contributed by atoms with Gasteiger partial charge in [-0.3, -0.25) is 0 Å². The van der Waals surface area contributed by atoms with Crippen LogP contribution in [-0.2, 0) is 6.42 Å². The van der Waals surface area contributed by atoms with Gasteiger partial charge in [-0.1, -0.05) is 11.3 Å². The van der Waals surface area contributed by atoms with Crippen molar-refractivity contribution in [2.75, 3.05) is 25.0 Å². The van der Waals surface area contributed by atoms with E-state index in [9.17, 15) is 0 Å². The largest absolute Gasteiger partial charge is 0.348 e. The summed E-state index contributed by atoms with van der Waals surface area (Å²) in [5.41, 5.74) is 1.36. The van der Waals surface area contributed by atoms with Crippen molar-refractivity contribution in [2.45, 2.75) is 45.1 Å². The molecular formula is C14H23N3S. The van der Waals surface area contributed by atoms with Gasteiger partial charge in [-0.25, -0.2) is 4.98 Å². The molecule has 2 aliphatic rings. The maximum absolute atomic E-state index is 4.91. The Kier molecular flexibility index (Phi) is 3.57. The molecule has 0 amide bonds. The van der Waals surface area contributed by atoms with E-state index >= 15 is 0 Å². The lowest BCUT2D eigenvalue weighted by molar-refractivity contribution is 0.501. The van der Waals surface area contributed by atoms with Crippen LogP contribution in [0.15, 0.2) is 0 Å². The van der Waals surface area contributed by atoms with Gasteiger partial charge in [0.15, 0.2) is 5.13 Å². The average molecular weight is 265 g/mol. The maximum atomic E-state index is 4.91. The molecule has 0 spiro atoms. The number of nitrogens with zero attached hydrogens (tertiary/aromatic N) is 2. The predicted molar refractivity (Wildman–Crippen MR) is 77.5 cm³/mol. The highest BCUT2D eigenvalue weighted by Crippen LogP contribution is 2.39. The molecular weight excluding hydrogens is 242 g/mol. The lowest BCUT2D eigenvalue weighted by Gasteiger charge is -2.20. The summed E-state index contributed by atoms with van der Waals surface area (Å²) < 4.78 is 0. The first-order valence-corrected chi connectivity index (χ1v) is 8.05. The molecule has 1 saturated carbocycles. The van der Waals surface area contributed by atoms with Crippen LogP contribution in [0.2, 0.25) is 0 Å². The Morgan fingerprint density at radius 3 is 2.89 bits per heavy atom. The number of nitrogens with one attached hydrogen (secondary N) is 1. The summed E-state index contributed by atoms with van der Waals surface area (Å²) in [5.74, 6) is 0.936. The van der Waals surface area contributed by atoms with Crippen LogP contribution in [0, 0.1) is 5.92 Å². The summed E-state index contributed by atoms with van der Waals surface area (Å²) in [6.45, 7) is 4.55. The van der Waals surface area contributed by atoms with Crippen molar-refractivity contribution in [1.29, 1.82) is 0 Å². The monoisotopic (exact) mass is 265 g/mol. The standard InChI is InChI=1S/C14H23N3S/c1-3-17(9-10-7-8-10)14-16-12-6-4-5-11(15-2)13(12)18-14/h10-11,15H,3-9H2,1-2H3. The topological polar surface area (TPSA) is 28.2 Å². The lowest BCUT2D eigenvalue weighted by Crippen LogP contribution is -2.24. The van der Waals surface area contributed by atoms with E-state index in [4.69, 9.17) is 4.98 Å². The molecule has 1 fully saturated rings. The fraction of sp³-hybridized carbons (Fsp3) is 0.786. The number of thiazole rings is 1. The molecule has 1 heterocycles. The third kappa shape index (κ3) is 2.41. The molecule has 0 saturated heterocycles. The van der Waals surface area contributed by atoms with Crippen molar-refractivity contribution >= 4 is 16.5 Å². The Bertz CT molecular complexity index is 411. The summed E-state index contributed by atoms with van der Waals surface area (Å²) in [5, 5.41) is 4.70. The maximum Gasteiger partial charge on any atom is 0.185 e. The van der Waals surface area contributed by atoms with Crippen LogP contribution in [-0.4, -0.2) is 25.1 Å². The Balaban J connectivity index is 1.81. The van der Waals surface area contributed by atoms with E-state index in [1.165, 1.54) is 54.4 Å².